The molecule has 1 aliphatic carbocycles. The van der Waals surface area contributed by atoms with Crippen molar-refractivity contribution in [2.45, 2.75) is 57.2 Å². The van der Waals surface area contributed by atoms with Gasteiger partial charge in [0.1, 0.15) is 6.04 Å². The Kier molecular flexibility index (Phi) is 4.98. The normalized spacial score (nSPS) is 31.6. The summed E-state index contributed by atoms with van der Waals surface area (Å²) in [6, 6.07) is 9.71. The van der Waals surface area contributed by atoms with E-state index in [4.69, 9.17) is 0 Å². The fraction of sp³-hybridized carbons (Fsp3) is 0.619. The minimum absolute atomic E-state index is 0.0292. The van der Waals surface area contributed by atoms with E-state index in [1.165, 1.54) is 6.42 Å². The molecule has 26 heavy (non-hydrogen) atoms. The van der Waals surface area contributed by atoms with Gasteiger partial charge in [-0.2, -0.15) is 0 Å². The average molecular weight is 355 g/mol. The molecule has 1 aromatic carbocycles. The Balaban J connectivity index is 1.60. The molecule has 5 nitrogen and oxygen atoms in total. The molecule has 0 aromatic heterocycles. The highest BCUT2D eigenvalue weighted by Gasteiger charge is 2.48. The Morgan fingerprint density at radius 2 is 1.88 bits per heavy atom. The Labute approximate surface area is 155 Å². The molecule has 2 aliphatic heterocycles. The van der Waals surface area contributed by atoms with E-state index in [9.17, 15) is 9.59 Å². The van der Waals surface area contributed by atoms with Crippen LogP contribution in [0.15, 0.2) is 30.3 Å². The zero-order valence-electron chi connectivity index (χ0n) is 15.6. The molecule has 4 rings (SSSR count). The largest absolute Gasteiger partial charge is 0.338 e. The number of hydrogen-bond acceptors (Lipinski definition) is 3. The van der Waals surface area contributed by atoms with Crippen molar-refractivity contribution in [3.63, 3.8) is 0 Å². The van der Waals surface area contributed by atoms with Crippen molar-refractivity contribution in [2.24, 2.45) is 5.92 Å². The summed E-state index contributed by atoms with van der Waals surface area (Å²) < 4.78 is 0. The minimum Gasteiger partial charge on any atom is -0.338 e. The van der Waals surface area contributed by atoms with Crippen molar-refractivity contribution in [3.05, 3.63) is 35.9 Å². The highest BCUT2D eigenvalue weighted by Crippen LogP contribution is 2.41. The molecule has 2 amide bonds. The predicted octanol–water partition coefficient (Wildman–Crippen LogP) is 2.28. The molecule has 3 fully saturated rings. The van der Waals surface area contributed by atoms with Gasteiger partial charge in [-0.1, -0.05) is 31.0 Å². The maximum atomic E-state index is 13.3. The van der Waals surface area contributed by atoms with Crippen molar-refractivity contribution in [2.75, 3.05) is 19.6 Å². The fourth-order valence-electron chi connectivity index (χ4n) is 5.05. The average Bonchev–Trinajstić information content (AvgIpc) is 3.07. The maximum absolute atomic E-state index is 13.3. The topological polar surface area (TPSA) is 52.7 Å². The molecule has 5 heteroatoms. The Morgan fingerprint density at radius 3 is 2.65 bits per heavy atom. The van der Waals surface area contributed by atoms with Crippen LogP contribution in [0, 0.1) is 5.92 Å². The summed E-state index contributed by atoms with van der Waals surface area (Å²) in [7, 11) is 0. The molecule has 0 spiro atoms. The first-order valence-electron chi connectivity index (χ1n) is 10.0. The van der Waals surface area contributed by atoms with Crippen LogP contribution in [0.2, 0.25) is 0 Å². The lowest BCUT2D eigenvalue weighted by molar-refractivity contribution is -0.136. The van der Waals surface area contributed by atoms with Crippen LogP contribution in [0.4, 0.5) is 0 Å². The zero-order chi connectivity index (χ0) is 18.1. The van der Waals surface area contributed by atoms with E-state index in [-0.39, 0.29) is 23.9 Å². The number of piperazine rings is 1. The van der Waals surface area contributed by atoms with E-state index in [0.29, 0.717) is 17.5 Å². The van der Waals surface area contributed by atoms with Crippen LogP contribution in [0.25, 0.3) is 0 Å². The number of likely N-dealkylation sites (tertiary alicyclic amines) is 1. The van der Waals surface area contributed by atoms with Gasteiger partial charge in [0.15, 0.2) is 0 Å². The van der Waals surface area contributed by atoms with E-state index in [0.717, 1.165) is 45.3 Å². The van der Waals surface area contributed by atoms with Crippen LogP contribution in [0.3, 0.4) is 0 Å². The van der Waals surface area contributed by atoms with Crippen LogP contribution in [0.1, 0.15) is 49.4 Å². The third-order valence-electron chi connectivity index (χ3n) is 6.31. The monoisotopic (exact) mass is 355 g/mol. The molecular weight excluding hydrogens is 326 g/mol. The first-order valence-corrected chi connectivity index (χ1v) is 10.0. The van der Waals surface area contributed by atoms with Gasteiger partial charge in [0, 0.05) is 37.3 Å². The van der Waals surface area contributed by atoms with Gasteiger partial charge in [-0.05, 0) is 44.2 Å². The molecule has 0 radical (unpaired) electrons. The molecule has 0 bridgehead atoms. The summed E-state index contributed by atoms with van der Waals surface area (Å²) in [5.74, 6) is 0.657. The molecule has 1 N–H and O–H groups in total. The van der Waals surface area contributed by atoms with Gasteiger partial charge in [-0.15, -0.1) is 0 Å². The summed E-state index contributed by atoms with van der Waals surface area (Å²) in [6.07, 6.45) is 5.39. The number of benzene rings is 1. The molecule has 4 atom stereocenters. The third kappa shape index (κ3) is 3.25. The molecule has 3 aliphatic rings. The van der Waals surface area contributed by atoms with Crippen molar-refractivity contribution < 1.29 is 9.59 Å². The van der Waals surface area contributed by atoms with Gasteiger partial charge in [0.25, 0.3) is 5.91 Å². The quantitative estimate of drug-likeness (QED) is 0.885. The van der Waals surface area contributed by atoms with Crippen LogP contribution >= 0.6 is 0 Å². The second-order valence-electron chi connectivity index (χ2n) is 8.08. The Bertz CT molecular complexity index is 662. The second-order valence-corrected chi connectivity index (χ2v) is 8.08. The summed E-state index contributed by atoms with van der Waals surface area (Å²) in [5.41, 5.74) is 0.699. The molecule has 4 unspecified atom stereocenters. The molecular formula is C21H29N3O2. The SMILES string of the molecule is CC1CN(C(=O)C2CC3CCCCC3N2C(=O)c2ccccc2)CCN1. The van der Waals surface area contributed by atoms with E-state index < -0.39 is 0 Å². The molecule has 1 aromatic rings. The van der Waals surface area contributed by atoms with Crippen LogP contribution in [-0.4, -0.2) is 59.4 Å². The Morgan fingerprint density at radius 1 is 1.12 bits per heavy atom. The number of nitrogens with one attached hydrogen (secondary N) is 1. The molecule has 1 saturated carbocycles. The van der Waals surface area contributed by atoms with Gasteiger partial charge >= 0.3 is 0 Å². The third-order valence-corrected chi connectivity index (χ3v) is 6.31. The number of carbonyl (C=O) groups excluding carboxylic acids is 2. The van der Waals surface area contributed by atoms with E-state index in [1.54, 1.807) is 0 Å². The van der Waals surface area contributed by atoms with E-state index in [1.807, 2.05) is 40.1 Å². The number of carbonyl (C=O) groups is 2. The van der Waals surface area contributed by atoms with Crippen molar-refractivity contribution in [1.82, 2.24) is 15.1 Å². The molecule has 140 valence electrons. The van der Waals surface area contributed by atoms with Crippen molar-refractivity contribution in [1.29, 1.82) is 0 Å². The number of rotatable bonds is 2. The van der Waals surface area contributed by atoms with Crippen molar-refractivity contribution in [3.8, 4) is 0 Å². The number of hydrogen-bond donors (Lipinski definition) is 1. The van der Waals surface area contributed by atoms with Gasteiger partial charge in [-0.3, -0.25) is 9.59 Å². The van der Waals surface area contributed by atoms with Gasteiger partial charge < -0.3 is 15.1 Å². The predicted molar refractivity (Wildman–Crippen MR) is 101 cm³/mol. The first-order chi connectivity index (χ1) is 12.6. The number of amides is 2. The lowest BCUT2D eigenvalue weighted by Crippen LogP contribution is -2.57. The maximum Gasteiger partial charge on any atom is 0.254 e. The summed E-state index contributed by atoms with van der Waals surface area (Å²) in [4.78, 5) is 30.6. The first kappa shape index (κ1) is 17.5. The highest BCUT2D eigenvalue weighted by molar-refractivity contribution is 5.98. The molecule has 2 heterocycles. The standard InChI is InChI=1S/C21H29N3O2/c1-15-14-23(12-11-22-15)21(26)19-13-17-9-5-6-10-18(17)24(19)20(25)16-7-3-2-4-8-16/h2-4,7-8,15,17-19,22H,5-6,9-14H2,1H3. The smallest absolute Gasteiger partial charge is 0.254 e. The van der Waals surface area contributed by atoms with E-state index in [2.05, 4.69) is 12.2 Å². The van der Waals surface area contributed by atoms with Crippen LogP contribution in [0.5, 0.6) is 0 Å². The minimum atomic E-state index is -0.291. The number of fused-ring (bicyclic) bond motifs is 1. The Hall–Kier alpha value is -1.88. The highest BCUT2D eigenvalue weighted by atomic mass is 16.2. The second kappa shape index (κ2) is 7.39. The zero-order valence-corrected chi connectivity index (χ0v) is 15.6. The van der Waals surface area contributed by atoms with Gasteiger partial charge in [-0.25, -0.2) is 0 Å². The summed E-state index contributed by atoms with van der Waals surface area (Å²) in [5, 5.41) is 3.39. The lowest BCUT2D eigenvalue weighted by atomic mass is 9.84. The fourth-order valence-corrected chi connectivity index (χ4v) is 5.05. The van der Waals surface area contributed by atoms with Crippen LogP contribution in [-0.2, 0) is 4.79 Å². The lowest BCUT2D eigenvalue weighted by Gasteiger charge is -2.37. The van der Waals surface area contributed by atoms with Gasteiger partial charge in [0.2, 0.25) is 5.91 Å². The molecule has 2 saturated heterocycles. The van der Waals surface area contributed by atoms with Gasteiger partial charge in [0.05, 0.1) is 0 Å². The van der Waals surface area contributed by atoms with Crippen LogP contribution < -0.4 is 5.32 Å². The number of nitrogens with zero attached hydrogens (tertiary/aromatic N) is 2. The summed E-state index contributed by atoms with van der Waals surface area (Å²) >= 11 is 0. The van der Waals surface area contributed by atoms with E-state index >= 15 is 0 Å². The summed E-state index contributed by atoms with van der Waals surface area (Å²) in [6.45, 7) is 4.42. The van der Waals surface area contributed by atoms with Crippen molar-refractivity contribution >= 4 is 11.8 Å².